The highest BCUT2D eigenvalue weighted by Crippen LogP contribution is 2.31. The van der Waals surface area contributed by atoms with Crippen LogP contribution in [0.3, 0.4) is 0 Å². The van der Waals surface area contributed by atoms with Crippen molar-refractivity contribution in [2.45, 2.75) is 46.7 Å². The number of aryl methyl sites for hydroxylation is 1. The summed E-state index contributed by atoms with van der Waals surface area (Å²) in [5, 5.41) is 8.38. The Kier molecular flexibility index (Phi) is 10.9. The van der Waals surface area contributed by atoms with Crippen LogP contribution in [0.15, 0.2) is 59.4 Å². The summed E-state index contributed by atoms with van der Waals surface area (Å²) in [7, 11) is 1.78. The van der Waals surface area contributed by atoms with E-state index >= 15 is 0 Å². The number of nitrogens with zero attached hydrogens (tertiary/aromatic N) is 3. The molecule has 1 aliphatic rings. The van der Waals surface area contributed by atoms with E-state index in [0.29, 0.717) is 5.56 Å². The number of unbranched alkanes of at least 4 members (excludes halogenated alkanes) is 1. The fraction of sp³-hybridized carbons (Fsp3) is 0.400. The molecule has 1 fully saturated rings. The fourth-order valence-electron chi connectivity index (χ4n) is 4.33. The van der Waals surface area contributed by atoms with Crippen LogP contribution in [0.1, 0.15) is 58.3 Å². The van der Waals surface area contributed by atoms with E-state index in [9.17, 15) is 4.79 Å². The Morgan fingerprint density at radius 3 is 2.32 bits per heavy atom. The first kappa shape index (κ1) is 28.2. The van der Waals surface area contributed by atoms with Crippen LogP contribution >= 0.6 is 0 Å². The minimum absolute atomic E-state index is 0.331. The van der Waals surface area contributed by atoms with E-state index in [2.05, 4.69) is 53.8 Å². The molecule has 2 heterocycles. The molecule has 0 bridgehead atoms. The highest BCUT2D eigenvalue weighted by molar-refractivity contribution is 5.87. The fourth-order valence-corrected chi connectivity index (χ4v) is 4.33. The summed E-state index contributed by atoms with van der Waals surface area (Å²) in [4.78, 5) is 19.4. The second kappa shape index (κ2) is 14.4. The predicted octanol–water partition coefficient (Wildman–Crippen LogP) is 5.82. The molecule has 1 aliphatic heterocycles. The van der Waals surface area contributed by atoms with Gasteiger partial charge in [0.25, 0.3) is 0 Å². The van der Waals surface area contributed by atoms with Crippen LogP contribution in [-0.4, -0.2) is 59.1 Å². The van der Waals surface area contributed by atoms with Crippen molar-refractivity contribution in [3.8, 4) is 5.75 Å². The summed E-state index contributed by atoms with van der Waals surface area (Å²) in [6.45, 7) is 12.4. The van der Waals surface area contributed by atoms with Gasteiger partial charge in [-0.3, -0.25) is 9.80 Å². The second-order valence-corrected chi connectivity index (χ2v) is 9.25. The number of oxazole rings is 1. The van der Waals surface area contributed by atoms with Crippen LogP contribution in [0, 0.1) is 13.8 Å². The lowest BCUT2D eigenvalue weighted by atomic mass is 9.95. The Morgan fingerprint density at radius 2 is 1.78 bits per heavy atom. The van der Waals surface area contributed by atoms with Gasteiger partial charge < -0.3 is 14.3 Å². The Hall–Kier alpha value is -3.42. The van der Waals surface area contributed by atoms with Gasteiger partial charge in [-0.15, -0.1) is 0 Å². The lowest BCUT2D eigenvalue weighted by molar-refractivity contribution is 0.0697. The zero-order chi connectivity index (χ0) is 26.6. The zero-order valence-corrected chi connectivity index (χ0v) is 22.4. The van der Waals surface area contributed by atoms with Crippen molar-refractivity contribution in [3.05, 3.63) is 88.6 Å². The van der Waals surface area contributed by atoms with Crippen LogP contribution in [0.2, 0.25) is 0 Å². The maximum atomic E-state index is 10.2. The average Bonchev–Trinajstić information content (AvgIpc) is 3.43. The molecule has 1 saturated heterocycles. The standard InChI is InChI=1S/C23H33N3O2.C7H6O2/c1-5-6-7-8-20-19(3)18(2)15-22(27-4)21(20)16-25-10-12-26(13-11-25)17-23-24-9-14-28-23;8-7(9)6-4-2-1-3-5-6/h7-9,14-15H,5-6,10-13,16-17H2,1-4H3;1-5H,(H,8,9)/b8-7-;. The molecular formula is C30H39N3O4. The van der Waals surface area contributed by atoms with Crippen molar-refractivity contribution >= 4 is 12.0 Å². The van der Waals surface area contributed by atoms with Crippen LogP contribution in [-0.2, 0) is 13.1 Å². The molecule has 0 unspecified atom stereocenters. The van der Waals surface area contributed by atoms with Gasteiger partial charge in [-0.05, 0) is 55.2 Å². The molecule has 0 amide bonds. The minimum atomic E-state index is -0.879. The van der Waals surface area contributed by atoms with Crippen molar-refractivity contribution in [1.29, 1.82) is 0 Å². The van der Waals surface area contributed by atoms with Gasteiger partial charge in [0.2, 0.25) is 5.89 Å². The van der Waals surface area contributed by atoms with E-state index in [1.165, 1.54) is 28.7 Å². The quantitative estimate of drug-likeness (QED) is 0.393. The summed E-state index contributed by atoms with van der Waals surface area (Å²) in [5.41, 5.74) is 5.60. The molecule has 0 radical (unpaired) electrons. The number of carboxylic acids is 1. The van der Waals surface area contributed by atoms with Gasteiger partial charge in [0.1, 0.15) is 12.0 Å². The molecule has 3 aromatic rings. The number of hydrogen-bond acceptors (Lipinski definition) is 6. The monoisotopic (exact) mass is 505 g/mol. The van der Waals surface area contributed by atoms with E-state index in [1.54, 1.807) is 49.9 Å². The topological polar surface area (TPSA) is 79.0 Å². The third-order valence-electron chi connectivity index (χ3n) is 6.64. The van der Waals surface area contributed by atoms with Gasteiger partial charge in [-0.25, -0.2) is 9.78 Å². The number of aromatic nitrogens is 1. The third kappa shape index (κ3) is 8.30. The van der Waals surface area contributed by atoms with E-state index in [0.717, 1.165) is 57.3 Å². The molecular weight excluding hydrogens is 466 g/mol. The molecule has 1 aromatic heterocycles. The highest BCUT2D eigenvalue weighted by Gasteiger charge is 2.21. The Bertz CT molecular complexity index is 1140. The summed E-state index contributed by atoms with van der Waals surface area (Å²) < 4.78 is 11.2. The number of benzene rings is 2. The van der Waals surface area contributed by atoms with E-state index in [1.807, 2.05) is 0 Å². The summed E-state index contributed by atoms with van der Waals surface area (Å²) >= 11 is 0. The smallest absolute Gasteiger partial charge is 0.335 e. The Balaban J connectivity index is 0.000000356. The van der Waals surface area contributed by atoms with E-state index in [-0.39, 0.29) is 0 Å². The molecule has 0 atom stereocenters. The number of methoxy groups -OCH3 is 1. The Morgan fingerprint density at radius 1 is 1.11 bits per heavy atom. The number of carboxylic acid groups (broad SMARTS) is 1. The van der Waals surface area contributed by atoms with Crippen LogP contribution in [0.4, 0.5) is 0 Å². The summed E-state index contributed by atoms with van der Waals surface area (Å²) in [6, 6.07) is 10.5. The maximum Gasteiger partial charge on any atom is 0.335 e. The van der Waals surface area contributed by atoms with Gasteiger partial charge in [0.15, 0.2) is 0 Å². The lowest BCUT2D eigenvalue weighted by Crippen LogP contribution is -2.45. The normalized spacial score (nSPS) is 14.4. The molecule has 198 valence electrons. The van der Waals surface area contributed by atoms with Gasteiger partial charge in [0.05, 0.1) is 25.4 Å². The molecule has 0 aliphatic carbocycles. The average molecular weight is 506 g/mol. The van der Waals surface area contributed by atoms with Gasteiger partial charge >= 0.3 is 5.97 Å². The number of aromatic carboxylic acids is 1. The summed E-state index contributed by atoms with van der Waals surface area (Å²) in [5.74, 6) is 0.921. The number of ether oxygens (including phenoxy) is 1. The highest BCUT2D eigenvalue weighted by atomic mass is 16.5. The number of allylic oxidation sites excluding steroid dienone is 1. The molecule has 2 aromatic carbocycles. The van der Waals surface area contributed by atoms with Gasteiger partial charge in [-0.1, -0.05) is 43.7 Å². The number of hydrogen-bond donors (Lipinski definition) is 1. The molecule has 7 heteroatoms. The van der Waals surface area contributed by atoms with Crippen molar-refractivity contribution in [2.24, 2.45) is 0 Å². The number of rotatable bonds is 9. The largest absolute Gasteiger partial charge is 0.496 e. The first-order chi connectivity index (χ1) is 17.9. The molecule has 7 nitrogen and oxygen atoms in total. The number of carbonyl (C=O) groups is 1. The molecule has 0 saturated carbocycles. The van der Waals surface area contributed by atoms with Gasteiger partial charge in [0, 0.05) is 38.3 Å². The number of piperazine rings is 1. The van der Waals surface area contributed by atoms with Crippen LogP contribution in [0.25, 0.3) is 6.08 Å². The van der Waals surface area contributed by atoms with E-state index < -0.39 is 5.97 Å². The van der Waals surface area contributed by atoms with Crippen LogP contribution < -0.4 is 4.74 Å². The molecule has 0 spiro atoms. The SMILES string of the molecule is CCC/C=C\c1c(C)c(C)cc(OC)c1CN1CCN(Cc2ncco2)CC1.O=C(O)c1ccccc1. The van der Waals surface area contributed by atoms with Crippen molar-refractivity contribution < 1.29 is 19.1 Å². The zero-order valence-electron chi connectivity index (χ0n) is 22.4. The predicted molar refractivity (Wildman–Crippen MR) is 147 cm³/mol. The third-order valence-corrected chi connectivity index (χ3v) is 6.64. The van der Waals surface area contributed by atoms with Crippen molar-refractivity contribution in [2.75, 3.05) is 33.3 Å². The van der Waals surface area contributed by atoms with Crippen molar-refractivity contribution in [1.82, 2.24) is 14.8 Å². The first-order valence-electron chi connectivity index (χ1n) is 12.9. The Labute approximate surface area is 220 Å². The first-order valence-corrected chi connectivity index (χ1v) is 12.9. The van der Waals surface area contributed by atoms with E-state index in [4.69, 9.17) is 14.3 Å². The summed E-state index contributed by atoms with van der Waals surface area (Å²) in [6.07, 6.45) is 10.2. The molecule has 1 N–H and O–H groups in total. The molecule has 37 heavy (non-hydrogen) atoms. The molecule has 4 rings (SSSR count). The minimum Gasteiger partial charge on any atom is -0.496 e. The van der Waals surface area contributed by atoms with Crippen molar-refractivity contribution in [3.63, 3.8) is 0 Å². The van der Waals surface area contributed by atoms with Gasteiger partial charge in [-0.2, -0.15) is 0 Å². The second-order valence-electron chi connectivity index (χ2n) is 9.25. The lowest BCUT2D eigenvalue weighted by Gasteiger charge is -2.34. The maximum absolute atomic E-state index is 10.2. The van der Waals surface area contributed by atoms with Crippen LogP contribution in [0.5, 0.6) is 5.75 Å².